The van der Waals surface area contributed by atoms with Crippen LogP contribution >= 0.6 is 0 Å². The lowest BCUT2D eigenvalue weighted by molar-refractivity contribution is 0.0728. The fourth-order valence-electron chi connectivity index (χ4n) is 3.24. The van der Waals surface area contributed by atoms with Gasteiger partial charge in [-0.2, -0.15) is 0 Å². The molecule has 96 valence electrons. The minimum atomic E-state index is 0.0350. The van der Waals surface area contributed by atoms with Crippen molar-refractivity contribution in [1.29, 1.82) is 0 Å². The molecule has 1 amide bonds. The normalized spacial score (nSPS) is 30.5. The molecule has 0 saturated carbocycles. The van der Waals surface area contributed by atoms with Crippen molar-refractivity contribution in [2.24, 2.45) is 11.8 Å². The van der Waals surface area contributed by atoms with Crippen LogP contribution in [0.3, 0.4) is 0 Å². The molecule has 4 heteroatoms. The minimum absolute atomic E-state index is 0.0350. The molecule has 0 aliphatic carbocycles. The summed E-state index contributed by atoms with van der Waals surface area (Å²) in [5.74, 6) is 1.34. The second kappa shape index (κ2) is 4.28. The van der Waals surface area contributed by atoms with Crippen LogP contribution in [0.25, 0.3) is 0 Å². The highest BCUT2D eigenvalue weighted by molar-refractivity contribution is 5.95. The summed E-state index contributed by atoms with van der Waals surface area (Å²) in [5, 5.41) is 12.8. The number of amides is 1. The van der Waals surface area contributed by atoms with Crippen LogP contribution in [0.15, 0.2) is 24.3 Å². The number of nitrogens with one attached hydrogen (secondary N) is 1. The van der Waals surface area contributed by atoms with E-state index in [1.165, 1.54) is 0 Å². The summed E-state index contributed by atoms with van der Waals surface area (Å²) in [6, 6.07) is 6.89. The second-order valence-corrected chi connectivity index (χ2v) is 5.33. The molecule has 0 radical (unpaired) electrons. The lowest BCUT2D eigenvalue weighted by Gasteiger charge is -2.24. The Kier molecular flexibility index (Phi) is 2.74. The van der Waals surface area contributed by atoms with Gasteiger partial charge in [0.05, 0.1) is 0 Å². The predicted molar refractivity (Wildman–Crippen MR) is 68.5 cm³/mol. The second-order valence-electron chi connectivity index (χ2n) is 5.33. The van der Waals surface area contributed by atoms with Crippen molar-refractivity contribution in [1.82, 2.24) is 10.2 Å². The fourth-order valence-corrected chi connectivity index (χ4v) is 3.24. The number of fused-ring (bicyclic) bond motifs is 1. The van der Waals surface area contributed by atoms with Gasteiger partial charge in [-0.15, -0.1) is 0 Å². The Morgan fingerprint density at radius 1 is 1.44 bits per heavy atom. The number of likely N-dealkylation sites (tertiary alicyclic amines) is 1. The molecular weight excluding hydrogens is 228 g/mol. The van der Waals surface area contributed by atoms with Gasteiger partial charge in [0, 0.05) is 31.2 Å². The first-order chi connectivity index (χ1) is 8.66. The average molecular weight is 246 g/mol. The molecule has 2 fully saturated rings. The minimum Gasteiger partial charge on any atom is -0.508 e. The summed E-state index contributed by atoms with van der Waals surface area (Å²) in [5.41, 5.74) is 0.579. The van der Waals surface area contributed by atoms with Gasteiger partial charge in [0.25, 0.3) is 5.91 Å². The highest BCUT2D eigenvalue weighted by Crippen LogP contribution is 2.33. The molecule has 0 bridgehead atoms. The van der Waals surface area contributed by atoms with Gasteiger partial charge >= 0.3 is 0 Å². The number of aromatic hydroxyl groups is 1. The van der Waals surface area contributed by atoms with E-state index in [0.717, 1.165) is 19.6 Å². The smallest absolute Gasteiger partial charge is 0.254 e. The van der Waals surface area contributed by atoms with E-state index in [0.29, 0.717) is 17.4 Å². The number of benzene rings is 1. The molecule has 2 saturated heterocycles. The Morgan fingerprint density at radius 2 is 2.28 bits per heavy atom. The summed E-state index contributed by atoms with van der Waals surface area (Å²) < 4.78 is 0. The summed E-state index contributed by atoms with van der Waals surface area (Å²) in [4.78, 5) is 14.4. The molecule has 1 aromatic rings. The Balaban J connectivity index is 1.81. The van der Waals surface area contributed by atoms with E-state index in [4.69, 9.17) is 0 Å². The van der Waals surface area contributed by atoms with Gasteiger partial charge in [0.2, 0.25) is 0 Å². The van der Waals surface area contributed by atoms with Gasteiger partial charge in [-0.3, -0.25) is 4.79 Å². The summed E-state index contributed by atoms with van der Waals surface area (Å²) in [6.45, 7) is 4.97. The molecule has 2 N–H and O–H groups in total. The molecule has 3 rings (SSSR count). The number of hydrogen-bond acceptors (Lipinski definition) is 3. The first kappa shape index (κ1) is 11.5. The van der Waals surface area contributed by atoms with Crippen LogP contribution in [0.4, 0.5) is 0 Å². The topological polar surface area (TPSA) is 52.6 Å². The maximum atomic E-state index is 12.4. The molecule has 18 heavy (non-hydrogen) atoms. The van der Waals surface area contributed by atoms with Gasteiger partial charge in [-0.1, -0.05) is 6.07 Å². The number of phenols is 1. The predicted octanol–water partition coefficient (Wildman–Crippen LogP) is 1.07. The maximum Gasteiger partial charge on any atom is 0.254 e. The van der Waals surface area contributed by atoms with E-state index in [1.807, 2.05) is 4.90 Å². The van der Waals surface area contributed by atoms with Crippen molar-refractivity contribution in [3.63, 3.8) is 0 Å². The van der Waals surface area contributed by atoms with E-state index in [-0.39, 0.29) is 17.7 Å². The Bertz CT molecular complexity index is 475. The van der Waals surface area contributed by atoms with Crippen molar-refractivity contribution in [3.05, 3.63) is 29.8 Å². The third kappa shape index (κ3) is 1.77. The number of rotatable bonds is 1. The first-order valence-electron chi connectivity index (χ1n) is 6.47. The van der Waals surface area contributed by atoms with E-state index in [9.17, 15) is 9.90 Å². The molecule has 3 unspecified atom stereocenters. The third-order valence-corrected chi connectivity index (χ3v) is 4.29. The molecule has 3 atom stereocenters. The van der Waals surface area contributed by atoms with Crippen molar-refractivity contribution in [2.75, 3.05) is 19.6 Å². The zero-order chi connectivity index (χ0) is 12.7. The highest BCUT2D eigenvalue weighted by Gasteiger charge is 2.43. The van der Waals surface area contributed by atoms with Gasteiger partial charge in [0.1, 0.15) is 5.75 Å². The zero-order valence-corrected chi connectivity index (χ0v) is 10.5. The summed E-state index contributed by atoms with van der Waals surface area (Å²) in [7, 11) is 0. The van der Waals surface area contributed by atoms with Crippen LogP contribution in [0.5, 0.6) is 5.75 Å². The fraction of sp³-hybridized carbons (Fsp3) is 0.500. The number of nitrogens with zero attached hydrogens (tertiary/aromatic N) is 1. The molecular formula is C14H18N2O2. The van der Waals surface area contributed by atoms with Gasteiger partial charge in [-0.05, 0) is 37.0 Å². The van der Waals surface area contributed by atoms with Crippen LogP contribution in [-0.2, 0) is 0 Å². The van der Waals surface area contributed by atoms with Crippen LogP contribution in [-0.4, -0.2) is 41.6 Å². The molecule has 2 aliphatic rings. The standard InChI is InChI=1S/C14H18N2O2/c1-9-13-7-15-6-11(13)8-16(9)14(18)10-3-2-4-12(17)5-10/h2-5,9,11,13,15,17H,6-8H2,1H3. The molecule has 1 aromatic carbocycles. The van der Waals surface area contributed by atoms with Crippen LogP contribution < -0.4 is 5.32 Å². The molecule has 4 nitrogen and oxygen atoms in total. The van der Waals surface area contributed by atoms with Crippen molar-refractivity contribution in [3.8, 4) is 5.75 Å². The van der Waals surface area contributed by atoms with E-state index in [1.54, 1.807) is 24.3 Å². The molecule has 0 spiro atoms. The molecule has 2 aliphatic heterocycles. The lowest BCUT2D eigenvalue weighted by Crippen LogP contribution is -2.38. The van der Waals surface area contributed by atoms with E-state index in [2.05, 4.69) is 12.2 Å². The number of phenolic OH excluding ortho intramolecular Hbond substituents is 1. The molecule has 0 aromatic heterocycles. The monoisotopic (exact) mass is 246 g/mol. The average Bonchev–Trinajstić information content (AvgIpc) is 2.92. The van der Waals surface area contributed by atoms with Crippen LogP contribution in [0.1, 0.15) is 17.3 Å². The largest absolute Gasteiger partial charge is 0.508 e. The van der Waals surface area contributed by atoms with Gasteiger partial charge in [0.15, 0.2) is 0 Å². The maximum absolute atomic E-state index is 12.4. The van der Waals surface area contributed by atoms with Crippen molar-refractivity contribution in [2.45, 2.75) is 13.0 Å². The zero-order valence-electron chi connectivity index (χ0n) is 10.5. The van der Waals surface area contributed by atoms with E-state index >= 15 is 0 Å². The Morgan fingerprint density at radius 3 is 3.00 bits per heavy atom. The number of carbonyl (C=O) groups excluding carboxylic acids is 1. The van der Waals surface area contributed by atoms with Crippen LogP contribution in [0.2, 0.25) is 0 Å². The van der Waals surface area contributed by atoms with Crippen LogP contribution in [0, 0.1) is 11.8 Å². The number of hydrogen-bond donors (Lipinski definition) is 2. The highest BCUT2D eigenvalue weighted by atomic mass is 16.3. The summed E-state index contributed by atoms with van der Waals surface area (Å²) in [6.07, 6.45) is 0. The molecule has 2 heterocycles. The number of carbonyl (C=O) groups is 1. The quantitative estimate of drug-likeness (QED) is 0.779. The van der Waals surface area contributed by atoms with Gasteiger partial charge < -0.3 is 15.3 Å². The van der Waals surface area contributed by atoms with E-state index < -0.39 is 0 Å². The lowest BCUT2D eigenvalue weighted by atomic mass is 9.95. The van der Waals surface area contributed by atoms with Gasteiger partial charge in [-0.25, -0.2) is 0 Å². The Labute approximate surface area is 107 Å². The first-order valence-corrected chi connectivity index (χ1v) is 6.47. The summed E-state index contributed by atoms with van der Waals surface area (Å²) >= 11 is 0. The van der Waals surface area contributed by atoms with Crippen molar-refractivity contribution < 1.29 is 9.90 Å². The SMILES string of the molecule is CC1C2CNCC2CN1C(=O)c1cccc(O)c1. The van der Waals surface area contributed by atoms with Crippen molar-refractivity contribution >= 4 is 5.91 Å². The third-order valence-electron chi connectivity index (χ3n) is 4.29. The Hall–Kier alpha value is -1.55.